The van der Waals surface area contributed by atoms with Gasteiger partial charge in [0.05, 0.1) is 0 Å². The van der Waals surface area contributed by atoms with Crippen molar-refractivity contribution in [3.05, 3.63) is 21.0 Å². The fourth-order valence-corrected chi connectivity index (χ4v) is 2.19. The van der Waals surface area contributed by atoms with Gasteiger partial charge in [0.1, 0.15) is 0 Å². The van der Waals surface area contributed by atoms with Gasteiger partial charge in [0.15, 0.2) is 0 Å². The van der Waals surface area contributed by atoms with Crippen LogP contribution in [0.5, 0.6) is 0 Å². The molecule has 0 atom stereocenters. The molecule has 1 aromatic heterocycles. The minimum atomic E-state index is -0.766. The van der Waals surface area contributed by atoms with E-state index in [0.29, 0.717) is 4.44 Å². The molecule has 0 unspecified atom stereocenters. The van der Waals surface area contributed by atoms with Crippen molar-refractivity contribution in [3.63, 3.8) is 0 Å². The molecule has 1 heterocycles. The number of aryl methyl sites for hydroxylation is 1. The first kappa shape index (κ1) is 6.59. The number of rotatable bonds is 1. The fraction of sp³-hybridized carbons (Fsp3) is 0.167. The molecule has 0 spiro atoms. The van der Waals surface area contributed by atoms with Crippen LogP contribution in [-0.2, 0) is 0 Å². The topological polar surface area (TPSA) is 37.3 Å². The monoisotopic (exact) mass is 190 g/mol. The second-order valence-electron chi connectivity index (χ2n) is 1.74. The summed E-state index contributed by atoms with van der Waals surface area (Å²) in [4.78, 5) is 12.3. The van der Waals surface area contributed by atoms with Crippen molar-refractivity contribution < 1.29 is 9.90 Å². The zero-order valence-electron chi connectivity index (χ0n) is 4.92. The molecule has 0 saturated heterocycles. The molecule has 0 bridgehead atoms. The van der Waals surface area contributed by atoms with Gasteiger partial charge in [0, 0.05) is 0 Å². The molecule has 3 heteroatoms. The van der Waals surface area contributed by atoms with E-state index >= 15 is 0 Å². The predicted octanol–water partition coefficient (Wildman–Crippen LogP) is 0.750. The Balaban J connectivity index is 3.08. The van der Waals surface area contributed by atoms with E-state index in [0.717, 1.165) is 5.56 Å². The quantitative estimate of drug-likeness (QED) is 0.662. The van der Waals surface area contributed by atoms with Crippen molar-refractivity contribution >= 4 is 20.5 Å². The predicted molar refractivity (Wildman–Crippen MR) is 35.1 cm³/mol. The van der Waals surface area contributed by atoms with Crippen molar-refractivity contribution in [2.45, 2.75) is 6.92 Å². The second-order valence-corrected chi connectivity index (χ2v) is 3.66. The molecule has 0 aliphatic carbocycles. The van der Waals surface area contributed by atoms with Gasteiger partial charge in [0.2, 0.25) is 0 Å². The molecule has 0 amide bonds. The zero-order chi connectivity index (χ0) is 6.85. The zero-order valence-corrected chi connectivity index (χ0v) is 6.63. The molecule has 0 aliphatic rings. The van der Waals surface area contributed by atoms with Gasteiger partial charge in [-0.15, -0.1) is 0 Å². The first-order valence-corrected chi connectivity index (χ1v) is 4.34. The van der Waals surface area contributed by atoms with Gasteiger partial charge in [-0.3, -0.25) is 0 Å². The van der Waals surface area contributed by atoms with Crippen LogP contribution in [0.1, 0.15) is 14.8 Å². The maximum atomic E-state index is 10.3. The molecule has 2 nitrogen and oxygen atoms in total. The molecule has 0 saturated carbocycles. The van der Waals surface area contributed by atoms with Gasteiger partial charge in [-0.05, 0) is 0 Å². The number of carboxylic acid groups (broad SMARTS) is 1. The Hall–Kier alpha value is -0.531. The summed E-state index contributed by atoms with van der Waals surface area (Å²) in [5.41, 5.74) is 0.905. The van der Waals surface area contributed by atoms with E-state index in [4.69, 9.17) is 5.11 Å². The molecule has 9 heavy (non-hydrogen) atoms. The minimum absolute atomic E-state index is 0.0793. The average molecular weight is 189 g/mol. The maximum absolute atomic E-state index is 10.3. The molecule has 1 aromatic rings. The van der Waals surface area contributed by atoms with Gasteiger partial charge >= 0.3 is 58.3 Å². The van der Waals surface area contributed by atoms with Gasteiger partial charge in [-0.2, -0.15) is 0 Å². The molecule has 0 aromatic carbocycles. The Bertz CT molecular complexity index is 227. The number of hydrogen-bond acceptors (Lipinski definition) is 1. The van der Waals surface area contributed by atoms with Crippen molar-refractivity contribution in [2.75, 3.05) is 0 Å². The van der Waals surface area contributed by atoms with Crippen LogP contribution >= 0.6 is 0 Å². The summed E-state index contributed by atoms with van der Waals surface area (Å²) in [7, 11) is 0. The van der Waals surface area contributed by atoms with E-state index in [-0.39, 0.29) is 14.5 Å². The van der Waals surface area contributed by atoms with Crippen LogP contribution in [0, 0.1) is 6.92 Å². The van der Waals surface area contributed by atoms with E-state index in [1.54, 1.807) is 0 Å². The van der Waals surface area contributed by atoms with Gasteiger partial charge in [-0.1, -0.05) is 0 Å². The molecule has 0 aliphatic heterocycles. The summed E-state index contributed by atoms with van der Waals surface area (Å²) < 4.78 is 0.586. The first-order valence-electron chi connectivity index (χ1n) is 2.49. The van der Waals surface area contributed by atoms with Crippen LogP contribution in [-0.4, -0.2) is 25.6 Å². The third-order valence-electron chi connectivity index (χ3n) is 1.06. The van der Waals surface area contributed by atoms with E-state index in [2.05, 4.69) is 0 Å². The normalized spacial score (nSPS) is 9.44. The molecule has 1 rings (SSSR count). The Morgan fingerprint density at radius 1 is 1.78 bits per heavy atom. The van der Waals surface area contributed by atoms with Crippen LogP contribution in [0.3, 0.4) is 0 Å². The third kappa shape index (κ3) is 1.23. The number of aromatic carboxylic acids is 1. The molecule has 0 fully saturated rings. The summed E-state index contributed by atoms with van der Waals surface area (Å²) >= 11 is 0.0793. The molecule has 48 valence electrons. The fourth-order valence-electron chi connectivity index (χ4n) is 0.592. The van der Waals surface area contributed by atoms with Crippen LogP contribution in [0.2, 0.25) is 0 Å². The Morgan fingerprint density at radius 3 is 2.67 bits per heavy atom. The van der Waals surface area contributed by atoms with E-state index in [1.165, 1.54) is 0 Å². The summed E-state index contributed by atoms with van der Waals surface area (Å²) in [6.07, 6.45) is 0. The second kappa shape index (κ2) is 2.38. The number of carbonyl (C=O) groups is 1. The Labute approximate surface area is 58.9 Å². The number of carboxylic acids is 1. The number of hydrogen-bond donors (Lipinski definition) is 1. The average Bonchev–Trinajstić information content (AvgIpc) is 2.13. The van der Waals surface area contributed by atoms with Crippen molar-refractivity contribution in [2.24, 2.45) is 0 Å². The third-order valence-corrected chi connectivity index (χ3v) is 3.16. The Kier molecular flexibility index (Phi) is 1.74. The summed E-state index contributed by atoms with van der Waals surface area (Å²) in [6.45, 7) is 1.83. The Morgan fingerprint density at radius 2 is 2.44 bits per heavy atom. The molecular formula is C6H6O2Se. The van der Waals surface area contributed by atoms with Crippen LogP contribution in [0.15, 0.2) is 11.0 Å². The van der Waals surface area contributed by atoms with Gasteiger partial charge < -0.3 is 0 Å². The van der Waals surface area contributed by atoms with Crippen LogP contribution < -0.4 is 0 Å². The summed E-state index contributed by atoms with van der Waals surface area (Å²) in [6, 6.07) is 1.86. The molecule has 0 radical (unpaired) electrons. The van der Waals surface area contributed by atoms with E-state index in [1.807, 2.05) is 17.9 Å². The van der Waals surface area contributed by atoms with Crippen molar-refractivity contribution in [3.8, 4) is 0 Å². The van der Waals surface area contributed by atoms with Gasteiger partial charge in [-0.25, -0.2) is 0 Å². The summed E-state index contributed by atoms with van der Waals surface area (Å²) in [5, 5.41) is 8.50. The summed E-state index contributed by atoms with van der Waals surface area (Å²) in [5.74, 6) is -0.766. The van der Waals surface area contributed by atoms with E-state index in [9.17, 15) is 4.79 Å². The molecule has 1 N–H and O–H groups in total. The molecular weight excluding hydrogens is 183 g/mol. The van der Waals surface area contributed by atoms with E-state index < -0.39 is 5.97 Å². The standard InChI is InChI=1S/C6H6O2Se/c1-4-2-3-9-5(4)6(7)8/h2-3H,1H3,(H,7,8). The van der Waals surface area contributed by atoms with Gasteiger partial charge in [0.25, 0.3) is 0 Å². The van der Waals surface area contributed by atoms with Crippen LogP contribution in [0.25, 0.3) is 0 Å². The van der Waals surface area contributed by atoms with Crippen molar-refractivity contribution in [1.29, 1.82) is 0 Å². The van der Waals surface area contributed by atoms with Crippen LogP contribution in [0.4, 0.5) is 0 Å². The SMILES string of the molecule is Cc1cc[se]c1C(=O)O. The first-order chi connectivity index (χ1) is 4.22. The van der Waals surface area contributed by atoms with Crippen molar-refractivity contribution in [1.82, 2.24) is 0 Å².